The molecule has 1 aliphatic heterocycles. The summed E-state index contributed by atoms with van der Waals surface area (Å²) in [5.74, 6) is 1.29. The Morgan fingerprint density at radius 2 is 1.55 bits per heavy atom. The van der Waals surface area contributed by atoms with E-state index in [9.17, 15) is 4.79 Å². The van der Waals surface area contributed by atoms with E-state index in [1.807, 2.05) is 24.0 Å². The maximum Gasteiger partial charge on any atom is 0.321 e. The molecule has 1 heterocycles. The Labute approximate surface area is 132 Å². The minimum absolute atomic E-state index is 0.0304. The average molecular weight is 306 g/mol. The van der Waals surface area contributed by atoms with Gasteiger partial charge in [-0.25, -0.2) is 4.79 Å². The number of hydrogen-bond acceptors (Lipinski definition) is 3. The third-order valence-electron chi connectivity index (χ3n) is 4.12. The number of benzene rings is 1. The number of rotatable bonds is 3. The van der Waals surface area contributed by atoms with Crippen LogP contribution in [0, 0.1) is 6.92 Å². The molecule has 2 rings (SSSR count). The SMILES string of the molecule is COc1cc(C)c(NC(=O)N2CCCCCCC2)cc1OC. The number of methoxy groups -OCH3 is 2. The van der Waals surface area contributed by atoms with Gasteiger partial charge in [-0.15, -0.1) is 0 Å². The summed E-state index contributed by atoms with van der Waals surface area (Å²) in [5, 5.41) is 3.01. The van der Waals surface area contributed by atoms with Gasteiger partial charge in [0.05, 0.1) is 14.2 Å². The zero-order chi connectivity index (χ0) is 15.9. The first-order chi connectivity index (χ1) is 10.7. The van der Waals surface area contributed by atoms with Crippen molar-refractivity contribution in [2.75, 3.05) is 32.6 Å². The van der Waals surface area contributed by atoms with E-state index in [0.29, 0.717) is 11.5 Å². The van der Waals surface area contributed by atoms with Crippen LogP contribution in [0.15, 0.2) is 12.1 Å². The van der Waals surface area contributed by atoms with E-state index in [4.69, 9.17) is 9.47 Å². The van der Waals surface area contributed by atoms with Crippen LogP contribution in [0.3, 0.4) is 0 Å². The molecule has 5 heteroatoms. The van der Waals surface area contributed by atoms with Gasteiger partial charge in [-0.2, -0.15) is 0 Å². The Kier molecular flexibility index (Phi) is 5.92. The van der Waals surface area contributed by atoms with Crippen LogP contribution in [-0.2, 0) is 0 Å². The predicted octanol–water partition coefficient (Wildman–Crippen LogP) is 3.81. The second kappa shape index (κ2) is 7.92. The van der Waals surface area contributed by atoms with E-state index in [1.54, 1.807) is 14.2 Å². The molecule has 0 aliphatic carbocycles. The fourth-order valence-electron chi connectivity index (χ4n) is 2.76. The molecule has 1 saturated heterocycles. The Morgan fingerprint density at radius 1 is 1.00 bits per heavy atom. The van der Waals surface area contributed by atoms with Crippen LogP contribution in [-0.4, -0.2) is 38.2 Å². The van der Waals surface area contributed by atoms with Gasteiger partial charge >= 0.3 is 6.03 Å². The van der Waals surface area contributed by atoms with E-state index >= 15 is 0 Å². The lowest BCUT2D eigenvalue weighted by molar-refractivity contribution is 0.206. The Morgan fingerprint density at radius 3 is 2.14 bits per heavy atom. The molecule has 0 aromatic heterocycles. The van der Waals surface area contributed by atoms with Crippen LogP contribution in [0.1, 0.15) is 37.7 Å². The van der Waals surface area contributed by atoms with E-state index in [2.05, 4.69) is 5.32 Å². The molecule has 1 fully saturated rings. The number of ether oxygens (including phenoxy) is 2. The monoisotopic (exact) mass is 306 g/mol. The van der Waals surface area contributed by atoms with Crippen molar-refractivity contribution in [2.45, 2.75) is 39.0 Å². The molecule has 0 bridgehead atoms. The minimum atomic E-state index is -0.0304. The second-order valence-corrected chi connectivity index (χ2v) is 5.71. The van der Waals surface area contributed by atoms with Gasteiger partial charge in [-0.3, -0.25) is 0 Å². The summed E-state index contributed by atoms with van der Waals surface area (Å²) in [6.45, 7) is 3.61. The molecule has 0 atom stereocenters. The number of anilines is 1. The van der Waals surface area contributed by atoms with E-state index in [0.717, 1.165) is 37.2 Å². The molecule has 0 unspecified atom stereocenters. The first-order valence-electron chi connectivity index (χ1n) is 7.94. The van der Waals surface area contributed by atoms with Gasteiger partial charge in [0.2, 0.25) is 0 Å². The van der Waals surface area contributed by atoms with Crippen molar-refractivity contribution in [1.82, 2.24) is 4.90 Å². The largest absolute Gasteiger partial charge is 0.493 e. The number of carbonyl (C=O) groups excluding carboxylic acids is 1. The van der Waals surface area contributed by atoms with Crippen molar-refractivity contribution in [3.8, 4) is 11.5 Å². The van der Waals surface area contributed by atoms with Gasteiger partial charge in [-0.05, 0) is 31.4 Å². The lowest BCUT2D eigenvalue weighted by Gasteiger charge is -2.25. The van der Waals surface area contributed by atoms with Crippen molar-refractivity contribution >= 4 is 11.7 Å². The van der Waals surface area contributed by atoms with Gasteiger partial charge in [0.1, 0.15) is 0 Å². The molecular formula is C17H26N2O3. The van der Waals surface area contributed by atoms with Crippen LogP contribution in [0.4, 0.5) is 10.5 Å². The highest BCUT2D eigenvalue weighted by Crippen LogP contribution is 2.33. The lowest BCUT2D eigenvalue weighted by atomic mass is 10.1. The van der Waals surface area contributed by atoms with E-state index in [-0.39, 0.29) is 6.03 Å². The molecule has 5 nitrogen and oxygen atoms in total. The fraction of sp³-hybridized carbons (Fsp3) is 0.588. The molecule has 0 spiro atoms. The zero-order valence-corrected chi connectivity index (χ0v) is 13.8. The molecule has 22 heavy (non-hydrogen) atoms. The second-order valence-electron chi connectivity index (χ2n) is 5.71. The van der Waals surface area contributed by atoms with Crippen LogP contribution in [0.25, 0.3) is 0 Å². The molecular weight excluding hydrogens is 280 g/mol. The maximum atomic E-state index is 12.5. The van der Waals surface area contributed by atoms with E-state index in [1.165, 1.54) is 19.3 Å². The molecule has 1 aromatic carbocycles. The molecule has 0 saturated carbocycles. The van der Waals surface area contributed by atoms with Gasteiger partial charge in [0.15, 0.2) is 11.5 Å². The summed E-state index contributed by atoms with van der Waals surface area (Å²) in [6.07, 6.45) is 5.86. The normalized spacial score (nSPS) is 15.7. The van der Waals surface area contributed by atoms with E-state index < -0.39 is 0 Å². The molecule has 0 radical (unpaired) electrons. The van der Waals surface area contributed by atoms with Crippen molar-refractivity contribution in [2.24, 2.45) is 0 Å². The zero-order valence-electron chi connectivity index (χ0n) is 13.8. The van der Waals surface area contributed by atoms with Crippen molar-refractivity contribution in [3.63, 3.8) is 0 Å². The maximum absolute atomic E-state index is 12.5. The number of hydrogen-bond donors (Lipinski definition) is 1. The summed E-state index contributed by atoms with van der Waals surface area (Å²) >= 11 is 0. The number of nitrogens with zero attached hydrogens (tertiary/aromatic N) is 1. The minimum Gasteiger partial charge on any atom is -0.493 e. The smallest absolute Gasteiger partial charge is 0.321 e. The highest BCUT2D eigenvalue weighted by Gasteiger charge is 2.17. The molecule has 122 valence electrons. The molecule has 1 N–H and O–H groups in total. The first-order valence-corrected chi connectivity index (χ1v) is 7.94. The highest BCUT2D eigenvalue weighted by atomic mass is 16.5. The number of aryl methyl sites for hydroxylation is 1. The summed E-state index contributed by atoms with van der Waals surface area (Å²) in [4.78, 5) is 14.4. The molecule has 2 amide bonds. The highest BCUT2D eigenvalue weighted by molar-refractivity contribution is 5.90. The Hall–Kier alpha value is -1.91. The summed E-state index contributed by atoms with van der Waals surface area (Å²) < 4.78 is 10.6. The molecule has 1 aliphatic rings. The quantitative estimate of drug-likeness (QED) is 0.924. The topological polar surface area (TPSA) is 50.8 Å². The standard InChI is InChI=1S/C17H26N2O3/c1-13-11-15(21-2)16(22-3)12-14(13)18-17(20)19-9-7-5-4-6-8-10-19/h11-12H,4-10H2,1-3H3,(H,18,20). The van der Waals surface area contributed by atoms with Gasteiger partial charge in [0.25, 0.3) is 0 Å². The first kappa shape index (κ1) is 16.5. The summed E-state index contributed by atoms with van der Waals surface area (Å²) in [6, 6.07) is 3.66. The van der Waals surface area contributed by atoms with Crippen molar-refractivity contribution in [3.05, 3.63) is 17.7 Å². The van der Waals surface area contributed by atoms with Gasteiger partial charge in [0, 0.05) is 24.8 Å². The number of amides is 2. The number of urea groups is 1. The fourth-order valence-corrected chi connectivity index (χ4v) is 2.76. The third-order valence-corrected chi connectivity index (χ3v) is 4.12. The predicted molar refractivity (Wildman–Crippen MR) is 88.0 cm³/mol. The summed E-state index contributed by atoms with van der Waals surface area (Å²) in [7, 11) is 3.20. The van der Waals surface area contributed by atoms with Crippen LogP contribution >= 0.6 is 0 Å². The Balaban J connectivity index is 2.09. The molecule has 1 aromatic rings. The van der Waals surface area contributed by atoms with Crippen LogP contribution < -0.4 is 14.8 Å². The van der Waals surface area contributed by atoms with Crippen LogP contribution in [0.5, 0.6) is 11.5 Å². The Bertz CT molecular complexity index is 509. The van der Waals surface area contributed by atoms with Crippen LogP contribution in [0.2, 0.25) is 0 Å². The number of carbonyl (C=O) groups is 1. The third kappa shape index (κ3) is 4.06. The van der Waals surface area contributed by atoms with Gasteiger partial charge in [-0.1, -0.05) is 19.3 Å². The van der Waals surface area contributed by atoms with Crippen molar-refractivity contribution < 1.29 is 14.3 Å². The lowest BCUT2D eigenvalue weighted by Crippen LogP contribution is -2.37. The number of nitrogens with one attached hydrogen (secondary N) is 1. The number of likely N-dealkylation sites (tertiary alicyclic amines) is 1. The summed E-state index contributed by atoms with van der Waals surface area (Å²) in [5.41, 5.74) is 1.72. The average Bonchev–Trinajstić information content (AvgIpc) is 2.48. The van der Waals surface area contributed by atoms with Crippen molar-refractivity contribution in [1.29, 1.82) is 0 Å². The van der Waals surface area contributed by atoms with Gasteiger partial charge < -0.3 is 19.7 Å².